The summed E-state index contributed by atoms with van der Waals surface area (Å²) in [6, 6.07) is 16.2. The SMILES string of the molecule is N#Cc1ccc(CNC(=O)c2cccc(S)c2)cc1. The molecule has 0 radical (unpaired) electrons. The lowest BCUT2D eigenvalue weighted by Crippen LogP contribution is -2.22. The van der Waals surface area contributed by atoms with E-state index in [1.165, 1.54) is 0 Å². The van der Waals surface area contributed by atoms with Gasteiger partial charge in [-0.15, -0.1) is 12.6 Å². The number of rotatable bonds is 3. The summed E-state index contributed by atoms with van der Waals surface area (Å²) in [5.74, 6) is -0.139. The van der Waals surface area contributed by atoms with Crippen molar-refractivity contribution in [3.05, 3.63) is 65.2 Å². The molecule has 1 amide bonds. The second kappa shape index (κ2) is 6.07. The first-order valence-corrected chi connectivity index (χ1v) is 6.20. The molecule has 0 heterocycles. The molecule has 4 heteroatoms. The fraction of sp³-hybridized carbons (Fsp3) is 0.0667. The van der Waals surface area contributed by atoms with E-state index >= 15 is 0 Å². The highest BCUT2D eigenvalue weighted by molar-refractivity contribution is 7.80. The molecule has 0 bridgehead atoms. The highest BCUT2D eigenvalue weighted by atomic mass is 32.1. The van der Waals surface area contributed by atoms with Gasteiger partial charge in [0.15, 0.2) is 0 Å². The minimum absolute atomic E-state index is 0.139. The van der Waals surface area contributed by atoms with Crippen LogP contribution >= 0.6 is 12.6 Å². The normalized spacial score (nSPS) is 9.68. The van der Waals surface area contributed by atoms with Gasteiger partial charge in [0.1, 0.15) is 0 Å². The van der Waals surface area contributed by atoms with Crippen molar-refractivity contribution < 1.29 is 4.79 Å². The summed E-state index contributed by atoms with van der Waals surface area (Å²) in [5.41, 5.74) is 2.15. The molecule has 0 atom stereocenters. The number of nitrogens with one attached hydrogen (secondary N) is 1. The van der Waals surface area contributed by atoms with E-state index in [1.807, 2.05) is 18.2 Å². The minimum atomic E-state index is -0.139. The topological polar surface area (TPSA) is 52.9 Å². The fourth-order valence-corrected chi connectivity index (χ4v) is 1.85. The predicted octanol–water partition coefficient (Wildman–Crippen LogP) is 2.78. The number of thiol groups is 1. The van der Waals surface area contributed by atoms with E-state index in [0.29, 0.717) is 17.7 Å². The maximum Gasteiger partial charge on any atom is 0.251 e. The van der Waals surface area contributed by atoms with Gasteiger partial charge in [0.2, 0.25) is 0 Å². The predicted molar refractivity (Wildman–Crippen MR) is 76.0 cm³/mol. The summed E-state index contributed by atoms with van der Waals surface area (Å²) < 4.78 is 0. The first-order chi connectivity index (χ1) is 9.19. The van der Waals surface area contributed by atoms with E-state index in [2.05, 4.69) is 24.0 Å². The van der Waals surface area contributed by atoms with Crippen LogP contribution in [0.5, 0.6) is 0 Å². The van der Waals surface area contributed by atoms with Gasteiger partial charge < -0.3 is 5.32 Å². The zero-order valence-corrected chi connectivity index (χ0v) is 11.0. The Morgan fingerprint density at radius 1 is 1.21 bits per heavy atom. The molecule has 0 fully saturated rings. The molecule has 2 aromatic rings. The van der Waals surface area contributed by atoms with Crippen LogP contribution in [0, 0.1) is 11.3 Å². The number of benzene rings is 2. The number of carbonyl (C=O) groups is 1. The van der Waals surface area contributed by atoms with Gasteiger partial charge in [-0.3, -0.25) is 4.79 Å². The van der Waals surface area contributed by atoms with Gasteiger partial charge in [0.25, 0.3) is 5.91 Å². The molecule has 1 N–H and O–H groups in total. The van der Waals surface area contributed by atoms with Crippen molar-refractivity contribution in [2.45, 2.75) is 11.4 Å². The monoisotopic (exact) mass is 268 g/mol. The third-order valence-corrected chi connectivity index (χ3v) is 2.92. The standard InChI is InChI=1S/C15H12N2OS/c16-9-11-4-6-12(7-5-11)10-17-15(18)13-2-1-3-14(19)8-13/h1-8,19H,10H2,(H,17,18). The largest absolute Gasteiger partial charge is 0.348 e. The molecule has 0 unspecified atom stereocenters. The lowest BCUT2D eigenvalue weighted by molar-refractivity contribution is 0.0950. The van der Waals surface area contributed by atoms with Crippen molar-refractivity contribution in [1.29, 1.82) is 5.26 Å². The highest BCUT2D eigenvalue weighted by Crippen LogP contribution is 2.09. The van der Waals surface area contributed by atoms with Crippen LogP contribution in [0.25, 0.3) is 0 Å². The van der Waals surface area contributed by atoms with Crippen LogP contribution < -0.4 is 5.32 Å². The van der Waals surface area contributed by atoms with E-state index in [9.17, 15) is 4.79 Å². The molecule has 0 aliphatic rings. The molecule has 2 rings (SSSR count). The Balaban J connectivity index is 1.98. The Morgan fingerprint density at radius 2 is 1.95 bits per heavy atom. The number of nitrogens with zero attached hydrogens (tertiary/aromatic N) is 1. The number of hydrogen-bond donors (Lipinski definition) is 2. The quantitative estimate of drug-likeness (QED) is 0.841. The van der Waals surface area contributed by atoms with E-state index in [-0.39, 0.29) is 5.91 Å². The maximum absolute atomic E-state index is 11.9. The minimum Gasteiger partial charge on any atom is -0.348 e. The summed E-state index contributed by atoms with van der Waals surface area (Å²) in [4.78, 5) is 12.7. The van der Waals surface area contributed by atoms with E-state index in [0.717, 1.165) is 10.5 Å². The lowest BCUT2D eigenvalue weighted by Gasteiger charge is -2.06. The molecule has 94 valence electrons. The molecule has 19 heavy (non-hydrogen) atoms. The third-order valence-electron chi connectivity index (χ3n) is 2.64. The molecular weight excluding hydrogens is 256 g/mol. The van der Waals surface area contributed by atoms with Gasteiger partial charge in [-0.2, -0.15) is 5.26 Å². The van der Waals surface area contributed by atoms with Crippen molar-refractivity contribution in [3.8, 4) is 6.07 Å². The highest BCUT2D eigenvalue weighted by Gasteiger charge is 2.05. The molecule has 3 nitrogen and oxygen atoms in total. The Morgan fingerprint density at radius 3 is 2.58 bits per heavy atom. The van der Waals surface area contributed by atoms with Crippen molar-refractivity contribution in [1.82, 2.24) is 5.32 Å². The van der Waals surface area contributed by atoms with Crippen LogP contribution in [0.2, 0.25) is 0 Å². The van der Waals surface area contributed by atoms with Crippen LogP contribution in [0.4, 0.5) is 0 Å². The summed E-state index contributed by atoms with van der Waals surface area (Å²) in [5, 5.41) is 11.5. The van der Waals surface area contributed by atoms with E-state index < -0.39 is 0 Å². The molecule has 0 aliphatic heterocycles. The van der Waals surface area contributed by atoms with Crippen LogP contribution in [-0.4, -0.2) is 5.91 Å². The zero-order chi connectivity index (χ0) is 13.7. The maximum atomic E-state index is 11.9. The molecular formula is C15H12N2OS. The summed E-state index contributed by atoms with van der Waals surface area (Å²) in [6.45, 7) is 0.432. The fourth-order valence-electron chi connectivity index (χ4n) is 1.63. The Bertz CT molecular complexity index is 629. The molecule has 0 spiro atoms. The van der Waals surface area contributed by atoms with Crippen molar-refractivity contribution >= 4 is 18.5 Å². The molecule has 0 aliphatic carbocycles. The van der Waals surface area contributed by atoms with Gasteiger partial charge in [-0.25, -0.2) is 0 Å². The van der Waals surface area contributed by atoms with Gasteiger partial charge in [-0.1, -0.05) is 18.2 Å². The zero-order valence-electron chi connectivity index (χ0n) is 10.1. The molecule has 2 aromatic carbocycles. The van der Waals surface area contributed by atoms with Crippen molar-refractivity contribution in [2.24, 2.45) is 0 Å². The second-order valence-electron chi connectivity index (χ2n) is 4.04. The van der Waals surface area contributed by atoms with E-state index in [4.69, 9.17) is 5.26 Å². The van der Waals surface area contributed by atoms with Crippen molar-refractivity contribution in [3.63, 3.8) is 0 Å². The van der Waals surface area contributed by atoms with Crippen LogP contribution in [0.15, 0.2) is 53.4 Å². The second-order valence-corrected chi connectivity index (χ2v) is 4.56. The first kappa shape index (κ1) is 13.2. The average molecular weight is 268 g/mol. The lowest BCUT2D eigenvalue weighted by atomic mass is 10.1. The Hall–Kier alpha value is -2.25. The van der Waals surface area contributed by atoms with Crippen LogP contribution in [-0.2, 0) is 6.54 Å². The summed E-state index contributed by atoms with van der Waals surface area (Å²) >= 11 is 4.20. The summed E-state index contributed by atoms with van der Waals surface area (Å²) in [7, 11) is 0. The summed E-state index contributed by atoms with van der Waals surface area (Å²) in [6.07, 6.45) is 0. The van der Waals surface area contributed by atoms with Crippen molar-refractivity contribution in [2.75, 3.05) is 0 Å². The smallest absolute Gasteiger partial charge is 0.251 e. The Labute approximate surface area is 117 Å². The molecule has 0 saturated carbocycles. The number of nitriles is 1. The van der Waals surface area contributed by atoms with Gasteiger partial charge in [0, 0.05) is 17.0 Å². The van der Waals surface area contributed by atoms with Crippen LogP contribution in [0.3, 0.4) is 0 Å². The average Bonchev–Trinajstić information content (AvgIpc) is 2.45. The van der Waals surface area contributed by atoms with E-state index in [1.54, 1.807) is 30.3 Å². The van der Waals surface area contributed by atoms with Gasteiger partial charge in [0.05, 0.1) is 11.6 Å². The Kier molecular flexibility index (Phi) is 4.22. The molecule has 0 aromatic heterocycles. The number of carbonyl (C=O) groups excluding carboxylic acids is 1. The van der Waals surface area contributed by atoms with Crippen LogP contribution in [0.1, 0.15) is 21.5 Å². The molecule has 0 saturated heterocycles. The van der Waals surface area contributed by atoms with Gasteiger partial charge >= 0.3 is 0 Å². The first-order valence-electron chi connectivity index (χ1n) is 5.75. The number of amides is 1. The number of hydrogen-bond acceptors (Lipinski definition) is 3. The third kappa shape index (κ3) is 3.60. The van der Waals surface area contributed by atoms with Gasteiger partial charge in [-0.05, 0) is 35.9 Å².